The monoisotopic (exact) mass is 382 g/mol. The fourth-order valence-electron chi connectivity index (χ4n) is 2.93. The van der Waals surface area contributed by atoms with Crippen molar-refractivity contribution in [1.82, 2.24) is 4.90 Å². The highest BCUT2D eigenvalue weighted by molar-refractivity contribution is 5.99. The third kappa shape index (κ3) is 6.12. The van der Waals surface area contributed by atoms with Crippen LogP contribution >= 0.6 is 0 Å². The average molecular weight is 383 g/mol. The molecular weight excluding hydrogens is 352 g/mol. The Balaban J connectivity index is 1.90. The molecule has 0 spiro atoms. The number of nitrogens with zero attached hydrogens (tertiary/aromatic N) is 1. The number of rotatable bonds is 9. The molecule has 0 atom stereocenters. The maximum absolute atomic E-state index is 12.6. The zero-order valence-corrected chi connectivity index (χ0v) is 17.2. The molecule has 0 unspecified atom stereocenters. The number of carbonyl (C=O) groups excluding carboxylic acids is 2. The van der Waals surface area contributed by atoms with E-state index in [0.717, 1.165) is 41.8 Å². The third-order valence-corrected chi connectivity index (χ3v) is 4.59. The molecule has 0 heterocycles. The van der Waals surface area contributed by atoms with E-state index in [-0.39, 0.29) is 18.4 Å². The van der Waals surface area contributed by atoms with Crippen LogP contribution in [0.5, 0.6) is 5.75 Å². The van der Waals surface area contributed by atoms with Crippen LogP contribution in [-0.4, -0.2) is 36.9 Å². The number of hydrogen-bond acceptors (Lipinski definition) is 3. The first-order valence-corrected chi connectivity index (χ1v) is 9.76. The Morgan fingerprint density at radius 1 is 1.00 bits per heavy atom. The highest BCUT2D eigenvalue weighted by Crippen LogP contribution is 2.19. The Morgan fingerprint density at radius 3 is 2.25 bits per heavy atom. The van der Waals surface area contributed by atoms with Gasteiger partial charge in [-0.15, -0.1) is 0 Å². The van der Waals surface area contributed by atoms with E-state index in [4.69, 9.17) is 4.74 Å². The van der Waals surface area contributed by atoms with E-state index < -0.39 is 0 Å². The molecule has 0 fully saturated rings. The largest absolute Gasteiger partial charge is 0.494 e. The van der Waals surface area contributed by atoms with Crippen LogP contribution in [0.2, 0.25) is 0 Å². The van der Waals surface area contributed by atoms with Gasteiger partial charge in [-0.2, -0.15) is 0 Å². The average Bonchev–Trinajstić information content (AvgIpc) is 2.68. The number of para-hydroxylation sites is 1. The fourth-order valence-corrected chi connectivity index (χ4v) is 2.93. The van der Waals surface area contributed by atoms with Gasteiger partial charge in [0.25, 0.3) is 5.91 Å². The van der Waals surface area contributed by atoms with Crippen LogP contribution in [0.15, 0.2) is 42.5 Å². The Hall–Kier alpha value is -2.82. The summed E-state index contributed by atoms with van der Waals surface area (Å²) in [5.41, 5.74) is 3.33. The molecule has 150 valence electrons. The molecule has 28 heavy (non-hydrogen) atoms. The molecule has 0 saturated heterocycles. The normalized spacial score (nSPS) is 10.4. The molecule has 0 radical (unpaired) electrons. The van der Waals surface area contributed by atoms with Crippen molar-refractivity contribution in [3.05, 3.63) is 59.2 Å². The van der Waals surface area contributed by atoms with Gasteiger partial charge in [-0.05, 0) is 55.7 Å². The molecular formula is C23H30N2O3. The molecule has 0 bridgehead atoms. The maximum Gasteiger partial charge on any atom is 0.254 e. The van der Waals surface area contributed by atoms with Gasteiger partial charge in [0.1, 0.15) is 5.75 Å². The SMILES string of the molecule is CCCCCOc1ccc(C(=O)N(C)CC(=O)Nc2c(C)cccc2C)cc1. The Morgan fingerprint density at radius 2 is 1.64 bits per heavy atom. The van der Waals surface area contributed by atoms with Crippen molar-refractivity contribution in [1.29, 1.82) is 0 Å². The van der Waals surface area contributed by atoms with Gasteiger partial charge in [0, 0.05) is 18.3 Å². The first-order chi connectivity index (χ1) is 13.4. The first-order valence-electron chi connectivity index (χ1n) is 9.76. The lowest BCUT2D eigenvalue weighted by Crippen LogP contribution is -2.35. The van der Waals surface area contributed by atoms with Crippen molar-refractivity contribution in [3.63, 3.8) is 0 Å². The van der Waals surface area contributed by atoms with E-state index in [2.05, 4.69) is 12.2 Å². The quantitative estimate of drug-likeness (QED) is 0.646. The lowest BCUT2D eigenvalue weighted by atomic mass is 10.1. The molecule has 1 N–H and O–H groups in total. The minimum absolute atomic E-state index is 0.0120. The molecule has 0 aliphatic heterocycles. The second-order valence-electron chi connectivity index (χ2n) is 7.06. The number of ether oxygens (including phenoxy) is 1. The fraction of sp³-hybridized carbons (Fsp3) is 0.391. The highest BCUT2D eigenvalue weighted by Gasteiger charge is 2.16. The standard InChI is InChI=1S/C23H30N2O3/c1-5-6-7-15-28-20-13-11-19(12-14-20)23(27)25(4)16-21(26)24-22-17(2)9-8-10-18(22)3/h8-14H,5-7,15-16H2,1-4H3,(H,24,26). The minimum atomic E-state index is -0.218. The third-order valence-electron chi connectivity index (χ3n) is 4.59. The summed E-state index contributed by atoms with van der Waals surface area (Å²) in [7, 11) is 1.63. The van der Waals surface area contributed by atoms with Crippen LogP contribution in [0.25, 0.3) is 0 Å². The number of nitrogens with one attached hydrogen (secondary N) is 1. The molecule has 2 rings (SSSR count). The molecule has 5 heteroatoms. The van der Waals surface area contributed by atoms with Gasteiger partial charge >= 0.3 is 0 Å². The van der Waals surface area contributed by atoms with Gasteiger partial charge in [-0.25, -0.2) is 0 Å². The summed E-state index contributed by atoms with van der Waals surface area (Å²) < 4.78 is 5.67. The number of unbranched alkanes of at least 4 members (excludes halogenated alkanes) is 2. The molecule has 2 aromatic carbocycles. The van der Waals surface area contributed by atoms with Crippen LogP contribution in [0, 0.1) is 13.8 Å². The number of aryl methyl sites for hydroxylation is 2. The van der Waals surface area contributed by atoms with Crippen LogP contribution in [0.1, 0.15) is 47.7 Å². The highest BCUT2D eigenvalue weighted by atomic mass is 16.5. The van der Waals surface area contributed by atoms with E-state index in [0.29, 0.717) is 12.2 Å². The Labute approximate surface area is 167 Å². The lowest BCUT2D eigenvalue weighted by Gasteiger charge is -2.18. The molecule has 5 nitrogen and oxygen atoms in total. The summed E-state index contributed by atoms with van der Waals surface area (Å²) >= 11 is 0. The minimum Gasteiger partial charge on any atom is -0.494 e. The van der Waals surface area contributed by atoms with Crippen molar-refractivity contribution in [2.45, 2.75) is 40.0 Å². The topological polar surface area (TPSA) is 58.6 Å². The van der Waals surface area contributed by atoms with Crippen LogP contribution in [0.4, 0.5) is 5.69 Å². The lowest BCUT2D eigenvalue weighted by molar-refractivity contribution is -0.116. The summed E-state index contributed by atoms with van der Waals surface area (Å²) in [6, 6.07) is 12.9. The van der Waals surface area contributed by atoms with Crippen molar-refractivity contribution in [2.75, 3.05) is 25.5 Å². The summed E-state index contributed by atoms with van der Waals surface area (Å²) in [6.45, 7) is 6.72. The number of hydrogen-bond donors (Lipinski definition) is 1. The van der Waals surface area contributed by atoms with Crippen LogP contribution in [-0.2, 0) is 4.79 Å². The van der Waals surface area contributed by atoms with Crippen LogP contribution in [0.3, 0.4) is 0 Å². The van der Waals surface area contributed by atoms with Crippen molar-refractivity contribution in [2.24, 2.45) is 0 Å². The predicted octanol–water partition coefficient (Wildman–Crippen LogP) is 4.58. The number of benzene rings is 2. The Kier molecular flexibility index (Phi) is 8.05. The van der Waals surface area contributed by atoms with Gasteiger partial charge < -0.3 is 15.0 Å². The molecule has 0 saturated carbocycles. The maximum atomic E-state index is 12.6. The summed E-state index contributed by atoms with van der Waals surface area (Å²) in [4.78, 5) is 26.4. The zero-order valence-electron chi connectivity index (χ0n) is 17.2. The zero-order chi connectivity index (χ0) is 20.5. The number of likely N-dealkylation sites (N-methyl/N-ethyl adjacent to an activating group) is 1. The molecule has 2 aromatic rings. The second kappa shape index (κ2) is 10.5. The van der Waals surface area contributed by atoms with Gasteiger partial charge in [-0.1, -0.05) is 38.0 Å². The molecule has 0 aromatic heterocycles. The first kappa shape index (κ1) is 21.5. The molecule has 2 amide bonds. The van der Waals surface area contributed by atoms with E-state index in [1.54, 1.807) is 31.3 Å². The summed E-state index contributed by atoms with van der Waals surface area (Å²) in [5.74, 6) is 0.335. The van der Waals surface area contributed by atoms with E-state index in [1.807, 2.05) is 32.0 Å². The van der Waals surface area contributed by atoms with Gasteiger partial charge in [-0.3, -0.25) is 9.59 Å². The molecule has 0 aliphatic rings. The second-order valence-corrected chi connectivity index (χ2v) is 7.06. The smallest absolute Gasteiger partial charge is 0.254 e. The summed E-state index contributed by atoms with van der Waals surface area (Å²) in [5, 5.41) is 2.91. The molecule has 0 aliphatic carbocycles. The predicted molar refractivity (Wildman–Crippen MR) is 113 cm³/mol. The van der Waals surface area contributed by atoms with Gasteiger partial charge in [0.05, 0.1) is 13.2 Å². The number of anilines is 1. The van der Waals surface area contributed by atoms with E-state index in [1.165, 1.54) is 4.90 Å². The Bertz CT molecular complexity index is 780. The van der Waals surface area contributed by atoms with Gasteiger partial charge in [0.2, 0.25) is 5.91 Å². The van der Waals surface area contributed by atoms with Crippen molar-refractivity contribution >= 4 is 17.5 Å². The van der Waals surface area contributed by atoms with E-state index in [9.17, 15) is 9.59 Å². The number of amides is 2. The number of carbonyl (C=O) groups is 2. The summed E-state index contributed by atoms with van der Waals surface area (Å²) in [6.07, 6.45) is 3.32. The van der Waals surface area contributed by atoms with E-state index >= 15 is 0 Å². The van der Waals surface area contributed by atoms with Crippen molar-refractivity contribution in [3.8, 4) is 5.75 Å². The van der Waals surface area contributed by atoms with Gasteiger partial charge in [0.15, 0.2) is 0 Å². The van der Waals surface area contributed by atoms with Crippen LogP contribution < -0.4 is 10.1 Å². The van der Waals surface area contributed by atoms with Crippen molar-refractivity contribution < 1.29 is 14.3 Å².